The van der Waals surface area contributed by atoms with Crippen LogP contribution < -0.4 is 5.32 Å². The van der Waals surface area contributed by atoms with Crippen LogP contribution >= 0.6 is 0 Å². The highest BCUT2D eigenvalue weighted by Gasteiger charge is 2.25. The molecule has 0 bridgehead atoms. The molecule has 0 aromatic heterocycles. The molecule has 3 atom stereocenters. The molecule has 4 nitrogen and oxygen atoms in total. The summed E-state index contributed by atoms with van der Waals surface area (Å²) in [5.74, 6) is 1.41. The van der Waals surface area contributed by atoms with Gasteiger partial charge in [0.15, 0.2) is 0 Å². The minimum absolute atomic E-state index is 0.196. The zero-order chi connectivity index (χ0) is 14.0. The summed E-state index contributed by atoms with van der Waals surface area (Å²) < 4.78 is 0. The van der Waals surface area contributed by atoms with Crippen LogP contribution in [0.3, 0.4) is 0 Å². The molecule has 1 N–H and O–H groups in total. The van der Waals surface area contributed by atoms with Crippen LogP contribution in [-0.2, 0) is 0 Å². The molecule has 0 saturated heterocycles. The number of aryl methyl sites for hydroxylation is 1. The molecule has 0 radical (unpaired) electrons. The summed E-state index contributed by atoms with van der Waals surface area (Å²) in [5.41, 5.74) is 1.77. The Morgan fingerprint density at radius 3 is 2.68 bits per heavy atom. The van der Waals surface area contributed by atoms with Crippen LogP contribution in [0.15, 0.2) is 18.2 Å². The van der Waals surface area contributed by atoms with Gasteiger partial charge < -0.3 is 5.32 Å². The van der Waals surface area contributed by atoms with Gasteiger partial charge in [-0.2, -0.15) is 0 Å². The average molecular weight is 262 g/mol. The van der Waals surface area contributed by atoms with Gasteiger partial charge in [0.05, 0.1) is 4.92 Å². The number of rotatable bonds is 3. The van der Waals surface area contributed by atoms with Crippen LogP contribution in [0, 0.1) is 28.9 Å². The Morgan fingerprint density at radius 1 is 1.32 bits per heavy atom. The van der Waals surface area contributed by atoms with E-state index < -0.39 is 0 Å². The van der Waals surface area contributed by atoms with Crippen molar-refractivity contribution in [2.45, 2.75) is 46.1 Å². The summed E-state index contributed by atoms with van der Waals surface area (Å²) in [7, 11) is 0. The lowest BCUT2D eigenvalue weighted by molar-refractivity contribution is -0.385. The third-order valence-electron chi connectivity index (χ3n) is 4.19. The smallest absolute Gasteiger partial charge is 0.274 e. The summed E-state index contributed by atoms with van der Waals surface area (Å²) in [6.45, 7) is 6.33. The van der Waals surface area contributed by atoms with Crippen LogP contribution in [0.25, 0.3) is 0 Å². The fourth-order valence-corrected chi connectivity index (χ4v) is 2.99. The Balaban J connectivity index is 2.11. The third-order valence-corrected chi connectivity index (χ3v) is 4.19. The van der Waals surface area contributed by atoms with Crippen LogP contribution in [-0.4, -0.2) is 11.0 Å². The van der Waals surface area contributed by atoms with Crippen molar-refractivity contribution in [3.63, 3.8) is 0 Å². The number of nitrogens with one attached hydrogen (secondary N) is 1. The molecule has 1 aliphatic rings. The number of anilines is 1. The lowest BCUT2D eigenvalue weighted by Crippen LogP contribution is -2.32. The molecule has 0 aliphatic heterocycles. The number of nitro benzene ring substituents is 1. The van der Waals surface area contributed by atoms with Gasteiger partial charge >= 0.3 is 0 Å². The minimum Gasteiger partial charge on any atom is -0.382 e. The lowest BCUT2D eigenvalue weighted by atomic mass is 9.80. The molecular formula is C15H22N2O2. The Bertz CT molecular complexity index is 473. The van der Waals surface area contributed by atoms with E-state index in [-0.39, 0.29) is 10.6 Å². The Kier molecular flexibility index (Phi) is 4.08. The molecule has 4 heteroatoms. The first kappa shape index (κ1) is 13.8. The van der Waals surface area contributed by atoms with E-state index in [1.807, 2.05) is 12.1 Å². The van der Waals surface area contributed by atoms with Crippen LogP contribution in [0.2, 0.25) is 0 Å². The maximum atomic E-state index is 11.0. The van der Waals surface area contributed by atoms with Crippen molar-refractivity contribution in [1.29, 1.82) is 0 Å². The van der Waals surface area contributed by atoms with Gasteiger partial charge in [-0.1, -0.05) is 19.9 Å². The Hall–Kier alpha value is -1.58. The maximum absolute atomic E-state index is 11.0. The van der Waals surface area contributed by atoms with Crippen LogP contribution in [0.5, 0.6) is 0 Å². The van der Waals surface area contributed by atoms with Crippen molar-refractivity contribution >= 4 is 11.4 Å². The second kappa shape index (κ2) is 5.59. The summed E-state index contributed by atoms with van der Waals surface area (Å²) in [4.78, 5) is 10.6. The van der Waals surface area contributed by atoms with Gasteiger partial charge in [-0.05, 0) is 44.1 Å². The number of nitrogens with zero attached hydrogens (tertiary/aromatic N) is 1. The Morgan fingerprint density at radius 2 is 2.05 bits per heavy atom. The van der Waals surface area contributed by atoms with Crippen molar-refractivity contribution in [2.75, 3.05) is 5.32 Å². The largest absolute Gasteiger partial charge is 0.382 e. The topological polar surface area (TPSA) is 55.2 Å². The van der Waals surface area contributed by atoms with E-state index in [0.717, 1.165) is 18.0 Å². The average Bonchev–Trinajstić information content (AvgIpc) is 2.34. The first-order chi connectivity index (χ1) is 8.97. The number of hydrogen-bond donors (Lipinski definition) is 1. The SMILES string of the molecule is Cc1ccc(NC2CCC(C)CC2C)cc1[N+](=O)[O-]. The second-order valence-corrected chi connectivity index (χ2v) is 5.90. The second-order valence-electron chi connectivity index (χ2n) is 5.90. The van der Waals surface area contributed by atoms with E-state index in [4.69, 9.17) is 0 Å². The van der Waals surface area contributed by atoms with Crippen molar-refractivity contribution in [2.24, 2.45) is 11.8 Å². The van der Waals surface area contributed by atoms with Gasteiger partial charge in [-0.25, -0.2) is 0 Å². The van der Waals surface area contributed by atoms with Gasteiger partial charge in [0.2, 0.25) is 0 Å². The highest BCUT2D eigenvalue weighted by Crippen LogP contribution is 2.31. The van der Waals surface area contributed by atoms with E-state index in [0.29, 0.717) is 17.5 Å². The molecule has 0 heterocycles. The zero-order valence-electron chi connectivity index (χ0n) is 11.8. The van der Waals surface area contributed by atoms with E-state index in [1.165, 1.54) is 12.8 Å². The first-order valence-electron chi connectivity index (χ1n) is 6.99. The zero-order valence-corrected chi connectivity index (χ0v) is 11.8. The van der Waals surface area contributed by atoms with Gasteiger partial charge in [-0.15, -0.1) is 0 Å². The predicted octanol–water partition coefficient (Wildman–Crippen LogP) is 4.14. The van der Waals surface area contributed by atoms with Crippen LogP contribution in [0.4, 0.5) is 11.4 Å². The fourth-order valence-electron chi connectivity index (χ4n) is 2.99. The summed E-state index contributed by atoms with van der Waals surface area (Å²) >= 11 is 0. The molecule has 1 aromatic rings. The molecular weight excluding hydrogens is 240 g/mol. The molecule has 104 valence electrons. The quantitative estimate of drug-likeness (QED) is 0.658. The van der Waals surface area contributed by atoms with E-state index in [2.05, 4.69) is 19.2 Å². The molecule has 19 heavy (non-hydrogen) atoms. The molecule has 0 spiro atoms. The van der Waals surface area contributed by atoms with Crippen molar-refractivity contribution < 1.29 is 4.92 Å². The standard InChI is InChI=1S/C15H22N2O2/c1-10-4-7-14(12(3)8-10)16-13-6-5-11(2)15(9-13)17(18)19/h5-6,9-10,12,14,16H,4,7-8H2,1-3H3. The summed E-state index contributed by atoms with van der Waals surface area (Å²) in [6, 6.07) is 5.84. The number of hydrogen-bond acceptors (Lipinski definition) is 3. The highest BCUT2D eigenvalue weighted by molar-refractivity contribution is 5.55. The minimum atomic E-state index is -0.313. The van der Waals surface area contributed by atoms with Gasteiger partial charge in [0.25, 0.3) is 5.69 Å². The fraction of sp³-hybridized carbons (Fsp3) is 0.600. The van der Waals surface area contributed by atoms with Crippen molar-refractivity contribution in [3.05, 3.63) is 33.9 Å². The maximum Gasteiger partial charge on any atom is 0.274 e. The lowest BCUT2D eigenvalue weighted by Gasteiger charge is -2.33. The van der Waals surface area contributed by atoms with Crippen LogP contribution in [0.1, 0.15) is 38.7 Å². The number of benzene rings is 1. The van der Waals surface area contributed by atoms with E-state index >= 15 is 0 Å². The monoisotopic (exact) mass is 262 g/mol. The molecule has 3 unspecified atom stereocenters. The van der Waals surface area contributed by atoms with Crippen molar-refractivity contribution in [1.82, 2.24) is 0 Å². The predicted molar refractivity (Wildman–Crippen MR) is 77.4 cm³/mol. The molecule has 0 amide bonds. The Labute approximate surface area is 114 Å². The van der Waals surface area contributed by atoms with Gasteiger partial charge in [0, 0.05) is 23.4 Å². The molecule has 1 fully saturated rings. The normalized spacial score (nSPS) is 27.0. The van der Waals surface area contributed by atoms with E-state index in [1.54, 1.807) is 13.0 Å². The molecule has 1 saturated carbocycles. The van der Waals surface area contributed by atoms with E-state index in [9.17, 15) is 10.1 Å². The molecule has 1 aromatic carbocycles. The third kappa shape index (κ3) is 3.25. The first-order valence-corrected chi connectivity index (χ1v) is 6.99. The van der Waals surface area contributed by atoms with Gasteiger partial charge in [0.1, 0.15) is 0 Å². The highest BCUT2D eigenvalue weighted by atomic mass is 16.6. The molecule has 1 aliphatic carbocycles. The summed E-state index contributed by atoms with van der Waals surface area (Å²) in [5, 5.41) is 14.4. The van der Waals surface area contributed by atoms with Crippen molar-refractivity contribution in [3.8, 4) is 0 Å². The van der Waals surface area contributed by atoms with Gasteiger partial charge in [-0.3, -0.25) is 10.1 Å². The summed E-state index contributed by atoms with van der Waals surface area (Å²) in [6.07, 6.45) is 3.60. The number of nitro groups is 1. The molecule has 2 rings (SSSR count).